The summed E-state index contributed by atoms with van der Waals surface area (Å²) in [7, 11) is 0. The second-order valence-electron chi connectivity index (χ2n) is 4.46. The van der Waals surface area contributed by atoms with Gasteiger partial charge >= 0.3 is 0 Å². The van der Waals surface area contributed by atoms with Gasteiger partial charge in [0.25, 0.3) is 0 Å². The minimum atomic E-state index is -0.0400. The average molecular weight is 182 g/mol. The Morgan fingerprint density at radius 2 is 2.08 bits per heavy atom. The zero-order chi connectivity index (χ0) is 9.68. The Balaban J connectivity index is 2.09. The van der Waals surface area contributed by atoms with Crippen LogP contribution < -0.4 is 0 Å². The highest BCUT2D eigenvalue weighted by Crippen LogP contribution is 2.29. The fourth-order valence-electron chi connectivity index (χ4n) is 2.19. The van der Waals surface area contributed by atoms with Gasteiger partial charge in [0.15, 0.2) is 0 Å². The number of hydrogen-bond acceptors (Lipinski definition) is 1. The highest BCUT2D eigenvalue weighted by Gasteiger charge is 2.22. The molecule has 1 heteroatoms. The summed E-state index contributed by atoms with van der Waals surface area (Å²) in [5.74, 6) is 0.602. The third-order valence-corrected chi connectivity index (χ3v) is 3.05. The molecule has 0 aliphatic heterocycles. The molecule has 1 saturated carbocycles. The molecule has 1 rings (SSSR count). The van der Waals surface area contributed by atoms with Gasteiger partial charge < -0.3 is 5.11 Å². The Hall–Kier alpha value is -0.300. The van der Waals surface area contributed by atoms with Crippen LogP contribution in [0.4, 0.5) is 0 Å². The Kier molecular flexibility index (Phi) is 4.51. The van der Waals surface area contributed by atoms with Crippen molar-refractivity contribution in [2.24, 2.45) is 5.92 Å². The first-order chi connectivity index (χ1) is 6.20. The van der Waals surface area contributed by atoms with E-state index in [9.17, 15) is 5.11 Å². The molecule has 1 aliphatic carbocycles. The Morgan fingerprint density at radius 3 is 2.62 bits per heavy atom. The molecule has 1 nitrogen and oxygen atoms in total. The first-order valence-corrected chi connectivity index (χ1v) is 5.52. The van der Waals surface area contributed by atoms with E-state index >= 15 is 0 Å². The molecule has 0 aromatic rings. The Bertz CT molecular complexity index is 157. The SMILES string of the molecule is C=C(C)CCCC(O)C1CCCC1. The third-order valence-electron chi connectivity index (χ3n) is 3.05. The normalized spacial score (nSPS) is 20.5. The van der Waals surface area contributed by atoms with Gasteiger partial charge in [-0.25, -0.2) is 0 Å². The molecule has 0 heterocycles. The quantitative estimate of drug-likeness (QED) is 0.647. The van der Waals surface area contributed by atoms with Gasteiger partial charge in [-0.3, -0.25) is 0 Å². The van der Waals surface area contributed by atoms with Crippen molar-refractivity contribution in [1.29, 1.82) is 0 Å². The van der Waals surface area contributed by atoms with E-state index in [2.05, 4.69) is 13.5 Å². The van der Waals surface area contributed by atoms with Crippen molar-refractivity contribution in [3.63, 3.8) is 0 Å². The molecule has 1 atom stereocenters. The van der Waals surface area contributed by atoms with E-state index in [0.29, 0.717) is 5.92 Å². The third kappa shape index (κ3) is 3.95. The van der Waals surface area contributed by atoms with Crippen molar-refractivity contribution < 1.29 is 5.11 Å². The summed E-state index contributed by atoms with van der Waals surface area (Å²) in [5, 5.41) is 9.83. The fraction of sp³-hybridized carbons (Fsp3) is 0.833. The van der Waals surface area contributed by atoms with Crippen molar-refractivity contribution >= 4 is 0 Å². The lowest BCUT2D eigenvalue weighted by Gasteiger charge is -2.17. The fourth-order valence-corrected chi connectivity index (χ4v) is 2.19. The van der Waals surface area contributed by atoms with E-state index in [1.165, 1.54) is 31.3 Å². The maximum atomic E-state index is 9.83. The lowest BCUT2D eigenvalue weighted by Crippen LogP contribution is -2.17. The van der Waals surface area contributed by atoms with E-state index in [4.69, 9.17) is 0 Å². The summed E-state index contributed by atoms with van der Waals surface area (Å²) < 4.78 is 0. The van der Waals surface area contributed by atoms with Gasteiger partial charge in [0.05, 0.1) is 6.10 Å². The molecule has 1 fully saturated rings. The van der Waals surface area contributed by atoms with Crippen LogP contribution in [-0.2, 0) is 0 Å². The second-order valence-corrected chi connectivity index (χ2v) is 4.46. The summed E-state index contributed by atoms with van der Waals surface area (Å²) in [4.78, 5) is 0. The van der Waals surface area contributed by atoms with Crippen LogP contribution in [0.15, 0.2) is 12.2 Å². The number of rotatable bonds is 5. The molecule has 13 heavy (non-hydrogen) atoms. The van der Waals surface area contributed by atoms with Gasteiger partial charge in [-0.1, -0.05) is 18.4 Å². The molecule has 1 N–H and O–H groups in total. The van der Waals surface area contributed by atoms with Crippen molar-refractivity contribution in [3.8, 4) is 0 Å². The Morgan fingerprint density at radius 1 is 1.46 bits per heavy atom. The number of hydrogen-bond donors (Lipinski definition) is 1. The summed E-state index contributed by atoms with van der Waals surface area (Å²) in [6, 6.07) is 0. The predicted molar refractivity (Wildman–Crippen MR) is 56.6 cm³/mol. The smallest absolute Gasteiger partial charge is 0.0568 e. The lowest BCUT2D eigenvalue weighted by molar-refractivity contribution is 0.0998. The van der Waals surface area contributed by atoms with Crippen LogP contribution >= 0.6 is 0 Å². The van der Waals surface area contributed by atoms with Crippen molar-refractivity contribution in [2.75, 3.05) is 0 Å². The molecule has 0 amide bonds. The molecular weight excluding hydrogens is 160 g/mol. The van der Waals surface area contributed by atoms with Gasteiger partial charge in [-0.2, -0.15) is 0 Å². The molecule has 0 aromatic carbocycles. The predicted octanol–water partition coefficient (Wildman–Crippen LogP) is 3.28. The van der Waals surface area contributed by atoms with E-state index < -0.39 is 0 Å². The molecule has 0 radical (unpaired) electrons. The maximum absolute atomic E-state index is 9.83. The standard InChI is InChI=1S/C12H22O/c1-10(2)6-5-9-12(13)11-7-3-4-8-11/h11-13H,1,3-9H2,2H3. The van der Waals surface area contributed by atoms with Crippen LogP contribution in [0, 0.1) is 5.92 Å². The molecule has 1 aliphatic rings. The van der Waals surface area contributed by atoms with Crippen molar-refractivity contribution in [2.45, 2.75) is 58.0 Å². The lowest BCUT2D eigenvalue weighted by atomic mass is 9.96. The zero-order valence-corrected chi connectivity index (χ0v) is 8.76. The van der Waals surface area contributed by atoms with Gasteiger partial charge in [-0.15, -0.1) is 6.58 Å². The molecule has 0 spiro atoms. The van der Waals surface area contributed by atoms with Gasteiger partial charge in [0.2, 0.25) is 0 Å². The first-order valence-electron chi connectivity index (χ1n) is 5.52. The van der Waals surface area contributed by atoms with E-state index in [0.717, 1.165) is 19.3 Å². The first kappa shape index (κ1) is 10.8. The van der Waals surface area contributed by atoms with Crippen molar-refractivity contribution in [1.82, 2.24) is 0 Å². The summed E-state index contributed by atoms with van der Waals surface area (Å²) in [6.07, 6.45) is 8.24. The molecule has 0 aromatic heterocycles. The van der Waals surface area contributed by atoms with Gasteiger partial charge in [-0.05, 0) is 44.9 Å². The largest absolute Gasteiger partial charge is 0.393 e. The number of aliphatic hydroxyl groups excluding tert-OH is 1. The van der Waals surface area contributed by atoms with Crippen LogP contribution in [-0.4, -0.2) is 11.2 Å². The molecule has 76 valence electrons. The van der Waals surface area contributed by atoms with E-state index in [-0.39, 0.29) is 6.10 Å². The van der Waals surface area contributed by atoms with Crippen LogP contribution in [0.3, 0.4) is 0 Å². The molecule has 0 bridgehead atoms. The van der Waals surface area contributed by atoms with Gasteiger partial charge in [0.1, 0.15) is 0 Å². The van der Waals surface area contributed by atoms with Crippen LogP contribution in [0.1, 0.15) is 51.9 Å². The van der Waals surface area contributed by atoms with Crippen LogP contribution in [0.2, 0.25) is 0 Å². The molecular formula is C12H22O. The molecule has 1 unspecified atom stereocenters. The van der Waals surface area contributed by atoms with Crippen LogP contribution in [0.5, 0.6) is 0 Å². The summed E-state index contributed by atoms with van der Waals surface area (Å²) in [5.41, 5.74) is 1.23. The topological polar surface area (TPSA) is 20.2 Å². The highest BCUT2D eigenvalue weighted by atomic mass is 16.3. The van der Waals surface area contributed by atoms with Crippen LogP contribution in [0.25, 0.3) is 0 Å². The van der Waals surface area contributed by atoms with E-state index in [1.54, 1.807) is 0 Å². The average Bonchev–Trinajstić information content (AvgIpc) is 2.55. The number of aliphatic hydroxyl groups is 1. The zero-order valence-electron chi connectivity index (χ0n) is 8.76. The number of allylic oxidation sites excluding steroid dienone is 1. The van der Waals surface area contributed by atoms with E-state index in [1.807, 2.05) is 0 Å². The monoisotopic (exact) mass is 182 g/mol. The maximum Gasteiger partial charge on any atom is 0.0568 e. The summed E-state index contributed by atoms with van der Waals surface area (Å²) >= 11 is 0. The Labute approximate surface area is 81.9 Å². The summed E-state index contributed by atoms with van der Waals surface area (Å²) in [6.45, 7) is 5.93. The molecule has 0 saturated heterocycles. The van der Waals surface area contributed by atoms with Gasteiger partial charge in [0, 0.05) is 0 Å². The second kappa shape index (κ2) is 5.43. The van der Waals surface area contributed by atoms with Crippen molar-refractivity contribution in [3.05, 3.63) is 12.2 Å². The highest BCUT2D eigenvalue weighted by molar-refractivity contribution is 4.87. The minimum absolute atomic E-state index is 0.0400. The minimum Gasteiger partial charge on any atom is -0.393 e.